The van der Waals surface area contributed by atoms with Crippen molar-refractivity contribution in [1.82, 2.24) is 0 Å². The molecule has 0 amide bonds. The molecule has 0 aliphatic rings. The minimum Gasteiger partial charge on any atom is -0.326 e. The highest BCUT2D eigenvalue weighted by Crippen LogP contribution is 2.22. The summed E-state index contributed by atoms with van der Waals surface area (Å²) in [4.78, 5) is 0. The Hall–Kier alpha value is -1.78. The van der Waals surface area contributed by atoms with Crippen LogP contribution in [0.5, 0.6) is 0 Å². The van der Waals surface area contributed by atoms with Crippen molar-refractivity contribution in [1.29, 1.82) is 0 Å². The van der Waals surface area contributed by atoms with E-state index >= 15 is 0 Å². The molecule has 0 saturated heterocycles. The highest BCUT2D eigenvalue weighted by Gasteiger charge is 2.11. The number of nitrogens with two attached hydrogens (primary N) is 2. The summed E-state index contributed by atoms with van der Waals surface area (Å²) in [7, 11) is 0. The Morgan fingerprint density at radius 3 is 2.33 bits per heavy atom. The molecule has 0 spiro atoms. The van der Waals surface area contributed by atoms with Gasteiger partial charge in [0.05, 0.1) is 6.04 Å². The fourth-order valence-electron chi connectivity index (χ4n) is 1.81. The molecule has 1 atom stereocenters. The van der Waals surface area contributed by atoms with Gasteiger partial charge in [-0.25, -0.2) is 8.78 Å². The number of hydrogen-bond acceptors (Lipinski definition) is 2. The fraction of sp³-hybridized carbons (Fsp3) is 0.143. The maximum atomic E-state index is 13.2. The summed E-state index contributed by atoms with van der Waals surface area (Å²) in [6.07, 6.45) is 0. The summed E-state index contributed by atoms with van der Waals surface area (Å²) >= 11 is 0. The van der Waals surface area contributed by atoms with E-state index in [1.165, 1.54) is 6.07 Å². The Morgan fingerprint density at radius 2 is 1.67 bits per heavy atom. The molecule has 94 valence electrons. The molecule has 0 radical (unpaired) electrons. The minimum atomic E-state index is -0.891. The zero-order valence-corrected chi connectivity index (χ0v) is 9.74. The lowest BCUT2D eigenvalue weighted by Crippen LogP contribution is -2.13. The zero-order valence-electron chi connectivity index (χ0n) is 9.74. The Morgan fingerprint density at radius 1 is 0.944 bits per heavy atom. The molecule has 1 unspecified atom stereocenters. The van der Waals surface area contributed by atoms with Crippen LogP contribution >= 0.6 is 0 Å². The van der Waals surface area contributed by atoms with Crippen molar-refractivity contribution in [3.05, 3.63) is 70.8 Å². The molecule has 4 N–H and O–H groups in total. The second kappa shape index (κ2) is 5.25. The van der Waals surface area contributed by atoms with E-state index in [0.717, 1.165) is 23.3 Å². The molecular weight excluding hydrogens is 234 g/mol. The van der Waals surface area contributed by atoms with E-state index in [-0.39, 0.29) is 0 Å². The fourth-order valence-corrected chi connectivity index (χ4v) is 1.81. The first-order valence-electron chi connectivity index (χ1n) is 5.61. The van der Waals surface area contributed by atoms with Crippen molar-refractivity contribution in [3.8, 4) is 0 Å². The number of rotatable bonds is 3. The van der Waals surface area contributed by atoms with Crippen LogP contribution in [-0.2, 0) is 6.54 Å². The first kappa shape index (κ1) is 12.7. The van der Waals surface area contributed by atoms with Gasteiger partial charge >= 0.3 is 0 Å². The van der Waals surface area contributed by atoms with Crippen LogP contribution in [0.4, 0.5) is 8.78 Å². The zero-order chi connectivity index (χ0) is 13.1. The average molecular weight is 248 g/mol. The van der Waals surface area contributed by atoms with Gasteiger partial charge < -0.3 is 11.5 Å². The summed E-state index contributed by atoms with van der Waals surface area (Å²) in [5.41, 5.74) is 13.9. The van der Waals surface area contributed by atoms with Crippen LogP contribution in [0.3, 0.4) is 0 Å². The summed E-state index contributed by atoms with van der Waals surface area (Å²) in [6, 6.07) is 10.6. The van der Waals surface area contributed by atoms with Gasteiger partial charge in [0.25, 0.3) is 0 Å². The summed E-state index contributed by atoms with van der Waals surface area (Å²) in [5, 5.41) is 0. The van der Waals surface area contributed by atoms with E-state index in [9.17, 15) is 8.78 Å². The van der Waals surface area contributed by atoms with Gasteiger partial charge in [-0.1, -0.05) is 30.3 Å². The summed E-state index contributed by atoms with van der Waals surface area (Å²) in [5.74, 6) is -1.76. The van der Waals surface area contributed by atoms with Crippen molar-refractivity contribution in [2.75, 3.05) is 0 Å². The second-order valence-corrected chi connectivity index (χ2v) is 4.10. The Kier molecular flexibility index (Phi) is 3.69. The summed E-state index contributed by atoms with van der Waals surface area (Å²) in [6.45, 7) is 0.415. The lowest BCUT2D eigenvalue weighted by Gasteiger charge is -2.13. The molecular formula is C14H14F2N2. The second-order valence-electron chi connectivity index (χ2n) is 4.10. The molecule has 0 heterocycles. The lowest BCUT2D eigenvalue weighted by molar-refractivity contribution is 0.506. The number of benzene rings is 2. The van der Waals surface area contributed by atoms with Gasteiger partial charge in [-0.2, -0.15) is 0 Å². The number of halogens is 2. The molecule has 0 aliphatic heterocycles. The molecule has 2 nitrogen and oxygen atoms in total. The quantitative estimate of drug-likeness (QED) is 0.876. The molecule has 2 aromatic rings. The van der Waals surface area contributed by atoms with Crippen molar-refractivity contribution < 1.29 is 8.78 Å². The Bertz CT molecular complexity index is 555. The topological polar surface area (TPSA) is 52.0 Å². The van der Waals surface area contributed by atoms with Gasteiger partial charge in [-0.05, 0) is 28.8 Å². The monoisotopic (exact) mass is 248 g/mol. The maximum absolute atomic E-state index is 13.2. The van der Waals surface area contributed by atoms with Gasteiger partial charge in [-0.15, -0.1) is 0 Å². The SMILES string of the molecule is NCc1cccc(C(N)c2ccc(F)c(F)c2)c1. The maximum Gasteiger partial charge on any atom is 0.159 e. The van der Waals surface area contributed by atoms with E-state index in [0.29, 0.717) is 12.1 Å². The molecule has 0 bridgehead atoms. The van der Waals surface area contributed by atoms with Crippen molar-refractivity contribution in [2.24, 2.45) is 11.5 Å². The first-order valence-corrected chi connectivity index (χ1v) is 5.61. The van der Waals surface area contributed by atoms with E-state index in [2.05, 4.69) is 0 Å². The predicted molar refractivity (Wildman–Crippen MR) is 66.7 cm³/mol. The van der Waals surface area contributed by atoms with Gasteiger partial charge in [0.2, 0.25) is 0 Å². The highest BCUT2D eigenvalue weighted by atomic mass is 19.2. The van der Waals surface area contributed by atoms with E-state index in [4.69, 9.17) is 11.5 Å². The van der Waals surface area contributed by atoms with Crippen molar-refractivity contribution >= 4 is 0 Å². The standard InChI is InChI=1S/C14H14F2N2/c15-12-5-4-11(7-13(12)16)14(18)10-3-1-2-9(6-10)8-17/h1-7,14H,8,17-18H2. The van der Waals surface area contributed by atoms with Gasteiger partial charge in [0.15, 0.2) is 11.6 Å². The number of hydrogen-bond donors (Lipinski definition) is 2. The van der Waals surface area contributed by atoms with E-state index in [1.54, 1.807) is 0 Å². The highest BCUT2D eigenvalue weighted by molar-refractivity contribution is 5.34. The largest absolute Gasteiger partial charge is 0.326 e. The molecule has 2 rings (SSSR count). The minimum absolute atomic E-state index is 0.415. The molecule has 0 aromatic heterocycles. The lowest BCUT2D eigenvalue weighted by atomic mass is 9.98. The first-order chi connectivity index (χ1) is 8.61. The van der Waals surface area contributed by atoms with Crippen LogP contribution in [0.1, 0.15) is 22.7 Å². The normalized spacial score (nSPS) is 12.4. The third-order valence-corrected chi connectivity index (χ3v) is 2.85. The van der Waals surface area contributed by atoms with Crippen molar-refractivity contribution in [2.45, 2.75) is 12.6 Å². The van der Waals surface area contributed by atoms with Crippen LogP contribution in [-0.4, -0.2) is 0 Å². The van der Waals surface area contributed by atoms with Crippen LogP contribution in [0, 0.1) is 11.6 Å². The van der Waals surface area contributed by atoms with Gasteiger partial charge in [-0.3, -0.25) is 0 Å². The van der Waals surface area contributed by atoms with Crippen LogP contribution in [0.15, 0.2) is 42.5 Å². The van der Waals surface area contributed by atoms with E-state index in [1.807, 2.05) is 24.3 Å². The van der Waals surface area contributed by atoms with E-state index < -0.39 is 17.7 Å². The van der Waals surface area contributed by atoms with Gasteiger partial charge in [0, 0.05) is 6.54 Å². The average Bonchev–Trinajstić information content (AvgIpc) is 2.41. The predicted octanol–water partition coefficient (Wildman–Crippen LogP) is 2.47. The smallest absolute Gasteiger partial charge is 0.159 e. The molecule has 4 heteroatoms. The molecule has 18 heavy (non-hydrogen) atoms. The Labute approximate surface area is 104 Å². The molecule has 0 saturated carbocycles. The summed E-state index contributed by atoms with van der Waals surface area (Å²) < 4.78 is 26.0. The third-order valence-electron chi connectivity index (χ3n) is 2.85. The van der Waals surface area contributed by atoms with Crippen LogP contribution in [0.25, 0.3) is 0 Å². The molecule has 0 aliphatic carbocycles. The van der Waals surface area contributed by atoms with Crippen molar-refractivity contribution in [3.63, 3.8) is 0 Å². The molecule has 2 aromatic carbocycles. The molecule has 0 fully saturated rings. The Balaban J connectivity index is 2.34. The third kappa shape index (κ3) is 2.55. The van der Waals surface area contributed by atoms with Gasteiger partial charge in [0.1, 0.15) is 0 Å². The van der Waals surface area contributed by atoms with Crippen LogP contribution in [0.2, 0.25) is 0 Å². The van der Waals surface area contributed by atoms with Crippen LogP contribution < -0.4 is 11.5 Å².